The number of nitrogens with two attached hydrogens (primary N) is 1. The summed E-state index contributed by atoms with van der Waals surface area (Å²) in [5, 5.41) is 8.83. The molecule has 0 saturated heterocycles. The van der Waals surface area contributed by atoms with Gasteiger partial charge in [0.25, 0.3) is 0 Å². The third-order valence-corrected chi connectivity index (χ3v) is 3.04. The maximum atomic E-state index is 12.0. The first-order valence-corrected chi connectivity index (χ1v) is 6.96. The average molecular weight is 303 g/mol. The van der Waals surface area contributed by atoms with E-state index in [-0.39, 0.29) is 13.0 Å². The van der Waals surface area contributed by atoms with Crippen molar-refractivity contribution in [1.82, 2.24) is 0 Å². The fourth-order valence-corrected chi connectivity index (χ4v) is 1.64. The van der Waals surface area contributed by atoms with Crippen molar-refractivity contribution < 1.29 is 29.0 Å². The molecule has 0 spiro atoms. The summed E-state index contributed by atoms with van der Waals surface area (Å²) in [6.45, 7) is 7.35. The van der Waals surface area contributed by atoms with Crippen LogP contribution in [0.2, 0.25) is 0 Å². The van der Waals surface area contributed by atoms with E-state index in [1.54, 1.807) is 20.8 Å². The highest BCUT2D eigenvalue weighted by atomic mass is 16.7. The van der Waals surface area contributed by atoms with Gasteiger partial charge in [-0.2, -0.15) is 0 Å². The number of carbonyl (C=O) groups is 3. The summed E-state index contributed by atoms with van der Waals surface area (Å²) in [6.07, 6.45) is 0.348. The predicted octanol–water partition coefficient (Wildman–Crippen LogP) is 1.93. The summed E-state index contributed by atoms with van der Waals surface area (Å²) in [7, 11) is 0. The number of carboxylic acids is 1. The van der Waals surface area contributed by atoms with Gasteiger partial charge in [-0.1, -0.05) is 34.1 Å². The highest BCUT2D eigenvalue weighted by Crippen LogP contribution is 2.30. The lowest BCUT2D eigenvalue weighted by Crippen LogP contribution is -2.40. The van der Waals surface area contributed by atoms with Gasteiger partial charge in [0.2, 0.25) is 0 Å². The third kappa shape index (κ3) is 7.65. The standard InChI is InChI=1S/C14H25NO6/c1-5-6-7-20-13(19)21-12(18)9(14(2,3)4)8-10(15)11(16)17/h9-10H,5-8,15H2,1-4H3,(H,16,17)/t9?,10-/m0/s1. The van der Waals surface area contributed by atoms with Crippen LogP contribution in [0.4, 0.5) is 4.79 Å². The number of hydrogen-bond acceptors (Lipinski definition) is 6. The van der Waals surface area contributed by atoms with Crippen molar-refractivity contribution in [3.05, 3.63) is 0 Å². The minimum Gasteiger partial charge on any atom is -0.480 e. The molecule has 0 aliphatic carbocycles. The van der Waals surface area contributed by atoms with Gasteiger partial charge in [-0.15, -0.1) is 0 Å². The van der Waals surface area contributed by atoms with Crippen LogP contribution < -0.4 is 5.73 Å². The quantitative estimate of drug-likeness (QED) is 0.419. The molecule has 0 amide bonds. The van der Waals surface area contributed by atoms with Crippen molar-refractivity contribution in [3.8, 4) is 0 Å². The summed E-state index contributed by atoms with van der Waals surface area (Å²) >= 11 is 0. The van der Waals surface area contributed by atoms with Crippen LogP contribution in [0.5, 0.6) is 0 Å². The molecule has 0 aromatic heterocycles. The van der Waals surface area contributed by atoms with Crippen LogP contribution in [0.15, 0.2) is 0 Å². The normalized spacial score (nSPS) is 14.1. The molecule has 0 rings (SSSR count). The number of ether oxygens (including phenoxy) is 2. The van der Waals surface area contributed by atoms with Gasteiger partial charge in [-0.05, 0) is 18.3 Å². The minimum absolute atomic E-state index is 0.111. The molecular formula is C14H25NO6. The van der Waals surface area contributed by atoms with E-state index in [1.807, 2.05) is 6.92 Å². The molecular weight excluding hydrogens is 278 g/mol. The zero-order valence-corrected chi connectivity index (χ0v) is 13.0. The Morgan fingerprint density at radius 3 is 2.24 bits per heavy atom. The Morgan fingerprint density at radius 2 is 1.81 bits per heavy atom. The second-order valence-corrected chi connectivity index (χ2v) is 5.97. The lowest BCUT2D eigenvalue weighted by atomic mass is 9.77. The van der Waals surface area contributed by atoms with Crippen LogP contribution in [0, 0.1) is 11.3 Å². The Labute approximate surface area is 124 Å². The zero-order valence-electron chi connectivity index (χ0n) is 13.0. The molecule has 2 atom stereocenters. The molecule has 0 aromatic rings. The van der Waals surface area contributed by atoms with E-state index in [0.717, 1.165) is 6.42 Å². The molecule has 21 heavy (non-hydrogen) atoms. The SMILES string of the molecule is CCCCOC(=O)OC(=O)C(C[C@H](N)C(=O)O)C(C)(C)C. The van der Waals surface area contributed by atoms with Gasteiger partial charge >= 0.3 is 18.1 Å². The van der Waals surface area contributed by atoms with Gasteiger partial charge in [-0.3, -0.25) is 9.59 Å². The van der Waals surface area contributed by atoms with E-state index in [0.29, 0.717) is 6.42 Å². The highest BCUT2D eigenvalue weighted by molar-refractivity contribution is 5.84. The lowest BCUT2D eigenvalue weighted by Gasteiger charge is -2.29. The maximum absolute atomic E-state index is 12.0. The number of rotatable bonds is 7. The number of aliphatic carboxylic acids is 1. The fraction of sp³-hybridized carbons (Fsp3) is 0.786. The van der Waals surface area contributed by atoms with Crippen molar-refractivity contribution >= 4 is 18.1 Å². The summed E-state index contributed by atoms with van der Waals surface area (Å²) in [4.78, 5) is 34.2. The van der Waals surface area contributed by atoms with E-state index in [4.69, 9.17) is 15.6 Å². The monoisotopic (exact) mass is 303 g/mol. The first-order valence-electron chi connectivity index (χ1n) is 6.96. The largest absolute Gasteiger partial charge is 0.516 e. The van der Waals surface area contributed by atoms with Gasteiger partial charge in [-0.25, -0.2) is 4.79 Å². The van der Waals surface area contributed by atoms with Gasteiger partial charge in [0.05, 0.1) is 12.5 Å². The first kappa shape index (κ1) is 19.4. The Bertz CT molecular complexity index is 374. The highest BCUT2D eigenvalue weighted by Gasteiger charge is 2.36. The summed E-state index contributed by atoms with van der Waals surface area (Å²) in [6, 6.07) is -1.20. The molecule has 0 aliphatic rings. The number of carboxylic acid groups (broad SMARTS) is 1. The molecule has 0 bridgehead atoms. The Hall–Kier alpha value is -1.63. The first-order chi connectivity index (χ1) is 9.59. The summed E-state index contributed by atoms with van der Waals surface area (Å²) in [5.41, 5.74) is 4.87. The molecule has 0 aromatic carbocycles. The van der Waals surface area contributed by atoms with Crippen LogP contribution in [-0.4, -0.2) is 35.8 Å². The lowest BCUT2D eigenvalue weighted by molar-refractivity contribution is -0.149. The van der Waals surface area contributed by atoms with Gasteiger partial charge in [0, 0.05) is 0 Å². The van der Waals surface area contributed by atoms with Gasteiger partial charge in [0.1, 0.15) is 6.04 Å². The second-order valence-electron chi connectivity index (χ2n) is 5.97. The average Bonchev–Trinajstić information content (AvgIpc) is 2.33. The number of esters is 1. The van der Waals surface area contributed by atoms with Crippen LogP contribution in [0.25, 0.3) is 0 Å². The van der Waals surface area contributed by atoms with Crippen molar-refractivity contribution in [3.63, 3.8) is 0 Å². The van der Waals surface area contributed by atoms with Crippen molar-refractivity contribution in [2.75, 3.05) is 6.61 Å². The van der Waals surface area contributed by atoms with E-state index >= 15 is 0 Å². The van der Waals surface area contributed by atoms with E-state index < -0.39 is 35.5 Å². The van der Waals surface area contributed by atoms with Crippen LogP contribution in [-0.2, 0) is 19.1 Å². The Kier molecular flexibility index (Phi) is 7.94. The van der Waals surface area contributed by atoms with Crippen molar-refractivity contribution in [2.24, 2.45) is 17.1 Å². The Balaban J connectivity index is 4.67. The summed E-state index contributed by atoms with van der Waals surface area (Å²) < 4.78 is 9.36. The number of unbranched alkanes of at least 4 members (excludes halogenated alkanes) is 1. The van der Waals surface area contributed by atoms with E-state index in [2.05, 4.69) is 4.74 Å². The van der Waals surface area contributed by atoms with Crippen LogP contribution in [0.1, 0.15) is 47.0 Å². The number of hydrogen-bond donors (Lipinski definition) is 2. The molecule has 0 fully saturated rings. The van der Waals surface area contributed by atoms with Gasteiger partial charge in [0.15, 0.2) is 0 Å². The molecule has 122 valence electrons. The maximum Gasteiger partial charge on any atom is 0.516 e. The smallest absolute Gasteiger partial charge is 0.480 e. The molecule has 1 unspecified atom stereocenters. The fourth-order valence-electron chi connectivity index (χ4n) is 1.64. The molecule has 7 heteroatoms. The molecule has 0 saturated carbocycles. The van der Waals surface area contributed by atoms with Gasteiger partial charge < -0.3 is 20.3 Å². The van der Waals surface area contributed by atoms with Crippen molar-refractivity contribution in [2.45, 2.75) is 53.0 Å². The van der Waals surface area contributed by atoms with Crippen LogP contribution >= 0.6 is 0 Å². The number of carbonyl (C=O) groups excluding carboxylic acids is 2. The van der Waals surface area contributed by atoms with E-state index in [1.165, 1.54) is 0 Å². The topological polar surface area (TPSA) is 116 Å². The second kappa shape index (κ2) is 8.61. The van der Waals surface area contributed by atoms with E-state index in [9.17, 15) is 14.4 Å². The predicted molar refractivity (Wildman–Crippen MR) is 75.5 cm³/mol. The molecule has 0 heterocycles. The van der Waals surface area contributed by atoms with Crippen molar-refractivity contribution in [1.29, 1.82) is 0 Å². The third-order valence-electron chi connectivity index (χ3n) is 3.04. The zero-order chi connectivity index (χ0) is 16.6. The molecule has 0 aliphatic heterocycles. The Morgan fingerprint density at radius 1 is 1.24 bits per heavy atom. The minimum atomic E-state index is -1.21. The summed E-state index contributed by atoms with van der Waals surface area (Å²) in [5.74, 6) is -2.84. The molecule has 0 radical (unpaired) electrons. The molecule has 3 N–H and O–H groups in total. The van der Waals surface area contributed by atoms with Crippen LogP contribution in [0.3, 0.4) is 0 Å². The molecule has 7 nitrogen and oxygen atoms in total.